The third kappa shape index (κ3) is 8.82. The monoisotopic (exact) mass is 464 g/mol. The van der Waals surface area contributed by atoms with Crippen molar-refractivity contribution in [2.75, 3.05) is 25.0 Å². The standard InChI is InChI=1S/C28H40N4O2/c1-2-3-4-5-6-12-19-29-28(34)31-26-16-11-10-15-25(26)27(33)30-24-17-20-32(21-18-24)22-23-13-8-7-9-14-23/h7-11,13-16,24H,2-6,12,17-22H2,1H3,(H,30,33)(H2,29,31,34). The molecule has 0 bridgehead atoms. The predicted octanol–water partition coefficient (Wildman–Crippen LogP) is 5.56. The number of nitrogens with one attached hydrogen (secondary N) is 3. The Bertz CT molecular complexity index is 879. The number of urea groups is 1. The van der Waals surface area contributed by atoms with E-state index < -0.39 is 0 Å². The van der Waals surface area contributed by atoms with E-state index >= 15 is 0 Å². The summed E-state index contributed by atoms with van der Waals surface area (Å²) in [6, 6.07) is 17.6. The molecule has 0 aromatic heterocycles. The summed E-state index contributed by atoms with van der Waals surface area (Å²) in [5.41, 5.74) is 2.37. The third-order valence-electron chi connectivity index (χ3n) is 6.41. The number of benzene rings is 2. The average molecular weight is 465 g/mol. The number of carbonyl (C=O) groups excluding carboxylic acids is 2. The van der Waals surface area contributed by atoms with E-state index in [0.717, 1.165) is 45.3 Å². The van der Waals surface area contributed by atoms with Crippen LogP contribution in [0.5, 0.6) is 0 Å². The molecule has 6 nitrogen and oxygen atoms in total. The van der Waals surface area contributed by atoms with Crippen LogP contribution >= 0.6 is 0 Å². The maximum absolute atomic E-state index is 13.0. The van der Waals surface area contributed by atoms with Crippen molar-refractivity contribution in [3.05, 3.63) is 65.7 Å². The van der Waals surface area contributed by atoms with Gasteiger partial charge >= 0.3 is 6.03 Å². The molecule has 2 aromatic rings. The van der Waals surface area contributed by atoms with Gasteiger partial charge in [-0.3, -0.25) is 9.69 Å². The second-order valence-electron chi connectivity index (χ2n) is 9.20. The summed E-state index contributed by atoms with van der Waals surface area (Å²) in [7, 11) is 0. The molecule has 1 aliphatic heterocycles. The number of hydrogen-bond acceptors (Lipinski definition) is 3. The normalized spacial score (nSPS) is 14.5. The van der Waals surface area contributed by atoms with E-state index in [2.05, 4.69) is 52.0 Å². The van der Waals surface area contributed by atoms with Gasteiger partial charge in [-0.2, -0.15) is 0 Å². The molecule has 1 heterocycles. The molecule has 0 aliphatic carbocycles. The number of nitrogens with zero attached hydrogens (tertiary/aromatic N) is 1. The molecule has 0 spiro atoms. The van der Waals surface area contributed by atoms with Gasteiger partial charge in [0.2, 0.25) is 0 Å². The fraction of sp³-hybridized carbons (Fsp3) is 0.500. The summed E-state index contributed by atoms with van der Waals surface area (Å²) < 4.78 is 0. The van der Waals surface area contributed by atoms with Crippen molar-refractivity contribution in [2.45, 2.75) is 70.9 Å². The molecular weight excluding hydrogens is 424 g/mol. The lowest BCUT2D eigenvalue weighted by molar-refractivity contribution is 0.0910. The van der Waals surface area contributed by atoms with Crippen LogP contribution in [0.1, 0.15) is 74.2 Å². The van der Waals surface area contributed by atoms with Gasteiger partial charge in [0.05, 0.1) is 11.3 Å². The number of hydrogen-bond donors (Lipinski definition) is 3. The van der Waals surface area contributed by atoms with Crippen molar-refractivity contribution < 1.29 is 9.59 Å². The Labute approximate surface area is 204 Å². The maximum atomic E-state index is 13.0. The number of unbranched alkanes of at least 4 members (excludes halogenated alkanes) is 5. The molecule has 0 saturated carbocycles. The molecule has 0 atom stereocenters. The minimum atomic E-state index is -0.261. The first-order valence-corrected chi connectivity index (χ1v) is 12.9. The molecule has 1 aliphatic rings. The summed E-state index contributed by atoms with van der Waals surface area (Å²) in [4.78, 5) is 27.7. The number of anilines is 1. The average Bonchev–Trinajstić information content (AvgIpc) is 2.85. The first-order chi connectivity index (χ1) is 16.7. The van der Waals surface area contributed by atoms with Gasteiger partial charge in [-0.1, -0.05) is 81.5 Å². The zero-order chi connectivity index (χ0) is 24.0. The van der Waals surface area contributed by atoms with Crippen molar-refractivity contribution in [3.8, 4) is 0 Å². The van der Waals surface area contributed by atoms with Gasteiger partial charge in [0, 0.05) is 32.2 Å². The zero-order valence-corrected chi connectivity index (χ0v) is 20.5. The van der Waals surface area contributed by atoms with E-state index in [0.29, 0.717) is 17.8 Å². The van der Waals surface area contributed by atoms with Crippen molar-refractivity contribution in [3.63, 3.8) is 0 Å². The largest absolute Gasteiger partial charge is 0.349 e. The third-order valence-corrected chi connectivity index (χ3v) is 6.41. The Morgan fingerprint density at radius 3 is 2.32 bits per heavy atom. The van der Waals surface area contributed by atoms with Crippen LogP contribution in [0.3, 0.4) is 0 Å². The summed E-state index contributed by atoms with van der Waals surface area (Å²) in [6.45, 7) is 5.72. The molecule has 1 fully saturated rings. The van der Waals surface area contributed by atoms with Crippen LogP contribution in [0.25, 0.3) is 0 Å². The Morgan fingerprint density at radius 2 is 1.56 bits per heavy atom. The van der Waals surface area contributed by atoms with Gasteiger partial charge in [0.25, 0.3) is 5.91 Å². The van der Waals surface area contributed by atoms with Crippen LogP contribution in [0.4, 0.5) is 10.5 Å². The Morgan fingerprint density at radius 1 is 0.882 bits per heavy atom. The number of amides is 3. The number of likely N-dealkylation sites (tertiary alicyclic amines) is 1. The van der Waals surface area contributed by atoms with Gasteiger partial charge < -0.3 is 16.0 Å². The highest BCUT2D eigenvalue weighted by molar-refractivity contribution is 6.03. The predicted molar refractivity (Wildman–Crippen MR) is 139 cm³/mol. The van der Waals surface area contributed by atoms with E-state index in [4.69, 9.17) is 0 Å². The molecule has 0 unspecified atom stereocenters. The Kier molecular flexibility index (Phi) is 10.9. The zero-order valence-electron chi connectivity index (χ0n) is 20.5. The fourth-order valence-electron chi connectivity index (χ4n) is 4.40. The molecule has 2 aromatic carbocycles. The molecule has 6 heteroatoms. The summed E-state index contributed by atoms with van der Waals surface area (Å²) in [5.74, 6) is -0.131. The molecule has 184 valence electrons. The van der Waals surface area contributed by atoms with E-state index in [9.17, 15) is 9.59 Å². The Hall–Kier alpha value is -2.86. The number of carbonyl (C=O) groups is 2. The summed E-state index contributed by atoms with van der Waals surface area (Å²) in [5, 5.41) is 8.93. The second-order valence-corrected chi connectivity index (χ2v) is 9.20. The van der Waals surface area contributed by atoms with Gasteiger partial charge in [0.15, 0.2) is 0 Å². The topological polar surface area (TPSA) is 73.5 Å². The molecule has 3 N–H and O–H groups in total. The lowest BCUT2D eigenvalue weighted by atomic mass is 10.0. The molecule has 34 heavy (non-hydrogen) atoms. The van der Waals surface area contributed by atoms with E-state index in [1.165, 1.54) is 31.2 Å². The Balaban J connectivity index is 1.41. The van der Waals surface area contributed by atoms with Crippen LogP contribution in [0.15, 0.2) is 54.6 Å². The van der Waals surface area contributed by atoms with Crippen LogP contribution in [0, 0.1) is 0 Å². The van der Waals surface area contributed by atoms with Crippen molar-refractivity contribution in [2.24, 2.45) is 0 Å². The van der Waals surface area contributed by atoms with Crippen LogP contribution < -0.4 is 16.0 Å². The minimum absolute atomic E-state index is 0.131. The van der Waals surface area contributed by atoms with Crippen LogP contribution in [-0.2, 0) is 6.54 Å². The van der Waals surface area contributed by atoms with Gasteiger partial charge in [-0.15, -0.1) is 0 Å². The fourth-order valence-corrected chi connectivity index (χ4v) is 4.40. The smallest absolute Gasteiger partial charge is 0.319 e. The van der Waals surface area contributed by atoms with Crippen LogP contribution in [0.2, 0.25) is 0 Å². The van der Waals surface area contributed by atoms with Crippen molar-refractivity contribution >= 4 is 17.6 Å². The first-order valence-electron chi connectivity index (χ1n) is 12.9. The molecular formula is C28H40N4O2. The molecule has 3 amide bonds. The maximum Gasteiger partial charge on any atom is 0.319 e. The summed E-state index contributed by atoms with van der Waals surface area (Å²) in [6.07, 6.45) is 8.94. The lowest BCUT2D eigenvalue weighted by Crippen LogP contribution is -2.44. The van der Waals surface area contributed by atoms with Crippen molar-refractivity contribution in [1.29, 1.82) is 0 Å². The molecule has 0 radical (unpaired) electrons. The number of piperidine rings is 1. The minimum Gasteiger partial charge on any atom is -0.349 e. The van der Waals surface area contributed by atoms with E-state index in [1.807, 2.05) is 18.2 Å². The molecule has 1 saturated heterocycles. The quantitative estimate of drug-likeness (QED) is 0.360. The number of para-hydroxylation sites is 1. The highest BCUT2D eigenvalue weighted by atomic mass is 16.2. The summed E-state index contributed by atoms with van der Waals surface area (Å²) >= 11 is 0. The van der Waals surface area contributed by atoms with E-state index in [1.54, 1.807) is 12.1 Å². The van der Waals surface area contributed by atoms with Gasteiger partial charge in [0.1, 0.15) is 0 Å². The highest BCUT2D eigenvalue weighted by Crippen LogP contribution is 2.18. The second kappa shape index (κ2) is 14.4. The van der Waals surface area contributed by atoms with Gasteiger partial charge in [-0.05, 0) is 37.0 Å². The molecule has 3 rings (SSSR count). The van der Waals surface area contributed by atoms with Gasteiger partial charge in [-0.25, -0.2) is 4.79 Å². The highest BCUT2D eigenvalue weighted by Gasteiger charge is 2.22. The van der Waals surface area contributed by atoms with Crippen LogP contribution in [-0.4, -0.2) is 42.5 Å². The SMILES string of the molecule is CCCCCCCCNC(=O)Nc1ccccc1C(=O)NC1CCN(Cc2ccccc2)CC1. The van der Waals surface area contributed by atoms with E-state index in [-0.39, 0.29) is 18.0 Å². The first kappa shape index (κ1) is 25.8. The van der Waals surface area contributed by atoms with Crippen molar-refractivity contribution in [1.82, 2.24) is 15.5 Å². The lowest BCUT2D eigenvalue weighted by Gasteiger charge is -2.32. The number of rotatable bonds is 12.